The van der Waals surface area contributed by atoms with Crippen LogP contribution in [0.5, 0.6) is 0 Å². The first-order valence-electron chi connectivity index (χ1n) is 7.57. The minimum atomic E-state index is -4.60. The first-order valence-corrected chi connectivity index (χ1v) is 7.57. The number of halogens is 3. The number of imide groups is 1. The molecule has 0 bridgehead atoms. The van der Waals surface area contributed by atoms with E-state index in [4.69, 9.17) is 9.15 Å². The van der Waals surface area contributed by atoms with Crippen molar-refractivity contribution in [2.24, 2.45) is 0 Å². The topological polar surface area (TPSA) is 63.0 Å². The molecule has 0 saturated carbocycles. The van der Waals surface area contributed by atoms with Crippen LogP contribution in [0.3, 0.4) is 0 Å². The number of amides is 2. The van der Waals surface area contributed by atoms with Crippen LogP contribution >= 0.6 is 0 Å². The van der Waals surface area contributed by atoms with Crippen LogP contribution in [0.25, 0.3) is 0 Å². The number of hydrogen-bond donors (Lipinski definition) is 0. The van der Waals surface area contributed by atoms with E-state index < -0.39 is 36.7 Å². The highest BCUT2D eigenvalue weighted by Crippen LogP contribution is 2.29. The molecule has 6 nitrogen and oxygen atoms in total. The Bertz CT molecular complexity index is 643. The van der Waals surface area contributed by atoms with Crippen molar-refractivity contribution in [3.05, 3.63) is 23.7 Å². The number of carbonyl (C=O) groups excluding carboxylic acids is 2. The Kier molecular flexibility index (Phi) is 4.39. The summed E-state index contributed by atoms with van der Waals surface area (Å²) in [5.74, 6) is -0.275. The van der Waals surface area contributed by atoms with Crippen LogP contribution in [-0.4, -0.2) is 60.1 Å². The quantitative estimate of drug-likeness (QED) is 0.779. The Morgan fingerprint density at radius 1 is 1.29 bits per heavy atom. The van der Waals surface area contributed by atoms with Gasteiger partial charge in [0.25, 0.3) is 0 Å². The lowest BCUT2D eigenvalue weighted by molar-refractivity contribution is -0.166. The Morgan fingerprint density at radius 2 is 2.04 bits per heavy atom. The summed E-state index contributed by atoms with van der Waals surface area (Å²) < 4.78 is 48.7. The molecular formula is C15H17F3N2O4. The number of carbonyl (C=O) groups is 2. The van der Waals surface area contributed by atoms with Crippen molar-refractivity contribution in [3.8, 4) is 0 Å². The fourth-order valence-corrected chi connectivity index (χ4v) is 3.05. The number of rotatable bonds is 3. The zero-order valence-corrected chi connectivity index (χ0v) is 13.0. The van der Waals surface area contributed by atoms with Gasteiger partial charge in [-0.1, -0.05) is 0 Å². The second-order valence-electron chi connectivity index (χ2n) is 5.96. The number of alkyl halides is 3. The van der Waals surface area contributed by atoms with E-state index in [-0.39, 0.29) is 13.0 Å². The molecule has 0 aliphatic carbocycles. The SMILES string of the molecule is Cc1ccc([C@@H]2CN([C@@H]3CC(=O)N(CC(F)(F)F)C3=O)CCO2)o1. The Labute approximate surface area is 136 Å². The molecule has 0 radical (unpaired) electrons. The number of morpholine rings is 1. The van der Waals surface area contributed by atoms with Gasteiger partial charge in [-0.15, -0.1) is 0 Å². The number of hydrogen-bond acceptors (Lipinski definition) is 5. The zero-order chi connectivity index (χ0) is 17.5. The van der Waals surface area contributed by atoms with E-state index in [1.165, 1.54) is 0 Å². The monoisotopic (exact) mass is 346 g/mol. The van der Waals surface area contributed by atoms with E-state index in [9.17, 15) is 22.8 Å². The maximum Gasteiger partial charge on any atom is 0.406 e. The van der Waals surface area contributed by atoms with Gasteiger partial charge in [-0.25, -0.2) is 0 Å². The molecule has 0 N–H and O–H groups in total. The summed E-state index contributed by atoms with van der Waals surface area (Å²) in [5, 5.41) is 0. The van der Waals surface area contributed by atoms with Crippen LogP contribution in [0, 0.1) is 6.92 Å². The molecule has 24 heavy (non-hydrogen) atoms. The van der Waals surface area contributed by atoms with Gasteiger partial charge in [0.15, 0.2) is 0 Å². The highest BCUT2D eigenvalue weighted by molar-refractivity contribution is 6.05. The van der Waals surface area contributed by atoms with Crippen molar-refractivity contribution in [3.63, 3.8) is 0 Å². The van der Waals surface area contributed by atoms with E-state index in [2.05, 4.69) is 0 Å². The standard InChI is InChI=1S/C15H17F3N2O4/c1-9-2-3-11(24-9)12-7-19(4-5-23-12)10-6-13(21)20(14(10)22)8-15(16,17)18/h2-3,10,12H,4-8H2,1H3/t10-,12+/m1/s1. The van der Waals surface area contributed by atoms with Crippen LogP contribution in [0.15, 0.2) is 16.5 Å². The molecule has 2 amide bonds. The van der Waals surface area contributed by atoms with Gasteiger partial charge in [0.2, 0.25) is 11.8 Å². The van der Waals surface area contributed by atoms with Crippen LogP contribution in [0.2, 0.25) is 0 Å². The Balaban J connectivity index is 1.70. The molecule has 1 aromatic heterocycles. The molecule has 0 aromatic carbocycles. The van der Waals surface area contributed by atoms with Gasteiger partial charge in [-0.2, -0.15) is 13.2 Å². The van der Waals surface area contributed by atoms with E-state index in [0.717, 1.165) is 0 Å². The lowest BCUT2D eigenvalue weighted by atomic mass is 10.1. The first kappa shape index (κ1) is 17.0. The smallest absolute Gasteiger partial charge is 0.406 e. The summed E-state index contributed by atoms with van der Waals surface area (Å²) in [4.78, 5) is 26.0. The third-order valence-corrected chi connectivity index (χ3v) is 4.17. The van der Waals surface area contributed by atoms with Crippen LogP contribution < -0.4 is 0 Å². The minimum Gasteiger partial charge on any atom is -0.464 e. The maximum absolute atomic E-state index is 12.5. The van der Waals surface area contributed by atoms with Crippen molar-refractivity contribution in [1.29, 1.82) is 0 Å². The van der Waals surface area contributed by atoms with Gasteiger partial charge in [0, 0.05) is 13.1 Å². The number of furan rings is 1. The van der Waals surface area contributed by atoms with Crippen molar-refractivity contribution < 1.29 is 31.9 Å². The van der Waals surface area contributed by atoms with Gasteiger partial charge >= 0.3 is 6.18 Å². The molecule has 132 valence electrons. The van der Waals surface area contributed by atoms with Gasteiger partial charge in [0.05, 0.1) is 19.1 Å². The molecule has 2 fully saturated rings. The van der Waals surface area contributed by atoms with Crippen molar-refractivity contribution in [2.45, 2.75) is 31.7 Å². The normalized spacial score (nSPS) is 26.4. The summed E-state index contributed by atoms with van der Waals surface area (Å²) in [6, 6.07) is 2.68. The molecule has 0 spiro atoms. The molecule has 0 unspecified atom stereocenters. The fraction of sp³-hybridized carbons (Fsp3) is 0.600. The van der Waals surface area contributed by atoms with Crippen molar-refractivity contribution in [2.75, 3.05) is 26.2 Å². The third-order valence-electron chi connectivity index (χ3n) is 4.17. The minimum absolute atomic E-state index is 0.237. The average Bonchev–Trinajstić information content (AvgIpc) is 3.05. The second kappa shape index (κ2) is 6.21. The van der Waals surface area contributed by atoms with Crippen LogP contribution in [0.1, 0.15) is 24.0 Å². The lowest BCUT2D eigenvalue weighted by Gasteiger charge is -2.34. The third kappa shape index (κ3) is 3.46. The van der Waals surface area contributed by atoms with Gasteiger partial charge in [-0.3, -0.25) is 19.4 Å². The highest BCUT2D eigenvalue weighted by atomic mass is 19.4. The number of nitrogens with zero attached hydrogens (tertiary/aromatic N) is 2. The highest BCUT2D eigenvalue weighted by Gasteiger charge is 2.47. The molecule has 9 heteroatoms. The molecule has 2 saturated heterocycles. The second-order valence-corrected chi connectivity index (χ2v) is 5.96. The van der Waals surface area contributed by atoms with Gasteiger partial charge in [0.1, 0.15) is 24.2 Å². The van der Waals surface area contributed by atoms with Gasteiger partial charge in [-0.05, 0) is 19.1 Å². The number of likely N-dealkylation sites (tertiary alicyclic amines) is 1. The summed E-state index contributed by atoms with van der Waals surface area (Å²) in [6.07, 6.45) is -5.25. The van der Waals surface area contributed by atoms with Crippen molar-refractivity contribution in [1.82, 2.24) is 9.80 Å². The summed E-state index contributed by atoms with van der Waals surface area (Å²) >= 11 is 0. The molecular weight excluding hydrogens is 329 g/mol. The first-order chi connectivity index (χ1) is 11.2. The van der Waals surface area contributed by atoms with E-state index in [1.54, 1.807) is 24.0 Å². The van der Waals surface area contributed by atoms with E-state index >= 15 is 0 Å². The maximum atomic E-state index is 12.5. The average molecular weight is 346 g/mol. The van der Waals surface area contributed by atoms with Crippen LogP contribution in [-0.2, 0) is 14.3 Å². The molecule has 2 aliphatic rings. The molecule has 2 atom stereocenters. The number of ether oxygens (including phenoxy) is 1. The predicted octanol–water partition coefficient (Wildman–Crippen LogP) is 1.65. The largest absolute Gasteiger partial charge is 0.464 e. The summed E-state index contributed by atoms with van der Waals surface area (Å²) in [5.41, 5.74) is 0. The molecule has 1 aromatic rings. The predicted molar refractivity (Wildman–Crippen MR) is 74.9 cm³/mol. The van der Waals surface area contributed by atoms with Gasteiger partial charge < -0.3 is 9.15 Å². The zero-order valence-electron chi connectivity index (χ0n) is 13.0. The van der Waals surface area contributed by atoms with Crippen LogP contribution in [0.4, 0.5) is 13.2 Å². The summed E-state index contributed by atoms with van der Waals surface area (Å²) in [7, 11) is 0. The molecule has 2 aliphatic heterocycles. The molecule has 3 heterocycles. The number of aryl methyl sites for hydroxylation is 1. The van der Waals surface area contributed by atoms with E-state index in [1.807, 2.05) is 0 Å². The Morgan fingerprint density at radius 3 is 2.67 bits per heavy atom. The Hall–Kier alpha value is -1.87. The lowest BCUT2D eigenvalue weighted by Crippen LogP contribution is -2.49. The summed E-state index contributed by atoms with van der Waals surface area (Å²) in [6.45, 7) is 1.22. The molecule has 3 rings (SSSR count). The van der Waals surface area contributed by atoms with Crippen molar-refractivity contribution >= 4 is 11.8 Å². The van der Waals surface area contributed by atoms with E-state index in [0.29, 0.717) is 29.6 Å². The fourth-order valence-electron chi connectivity index (χ4n) is 3.05.